The first-order chi connectivity index (χ1) is 14.4. The van der Waals surface area contributed by atoms with Crippen molar-refractivity contribution in [3.8, 4) is 22.8 Å². The molecule has 0 atom stereocenters. The Hall–Kier alpha value is -2.75. The molecule has 1 N–H and O–H groups in total. The summed E-state index contributed by atoms with van der Waals surface area (Å²) in [6.45, 7) is 3.34. The Balaban J connectivity index is 1.65. The van der Waals surface area contributed by atoms with Crippen molar-refractivity contribution in [3.63, 3.8) is 0 Å². The third-order valence-corrected chi connectivity index (χ3v) is 7.22. The van der Waals surface area contributed by atoms with Crippen LogP contribution < -0.4 is 4.90 Å². The van der Waals surface area contributed by atoms with Gasteiger partial charge in [-0.25, -0.2) is 13.4 Å². The van der Waals surface area contributed by atoms with Gasteiger partial charge in [0.05, 0.1) is 18.1 Å². The Morgan fingerprint density at radius 2 is 1.70 bits per heavy atom. The van der Waals surface area contributed by atoms with Crippen molar-refractivity contribution >= 4 is 15.7 Å². The van der Waals surface area contributed by atoms with Crippen LogP contribution in [0.1, 0.15) is 5.56 Å². The van der Waals surface area contributed by atoms with Gasteiger partial charge in [0, 0.05) is 44.0 Å². The minimum Gasteiger partial charge on any atom is -0.379 e. The molecule has 9 heteroatoms. The highest BCUT2D eigenvalue weighted by Crippen LogP contribution is 2.27. The largest absolute Gasteiger partial charge is 0.379 e. The number of aromatic amines is 1. The Kier molecular flexibility index (Phi) is 5.59. The lowest BCUT2D eigenvalue weighted by molar-refractivity contribution is 0.0730. The smallest absolute Gasteiger partial charge is 0.243 e. The first-order valence-electron chi connectivity index (χ1n) is 9.75. The van der Waals surface area contributed by atoms with E-state index >= 15 is 0 Å². The minimum absolute atomic E-state index is 0.281. The van der Waals surface area contributed by atoms with E-state index < -0.39 is 10.0 Å². The number of sulfonamides is 1. The third-order valence-electron chi connectivity index (χ3n) is 5.18. The molecular formula is C21H25N5O3S. The SMILES string of the molecule is Cc1ccc(-c2n[nH]c(-c3ccc(N(C)C)cc3)n2)cc1S(=O)(=O)N1CCOCC1. The maximum atomic E-state index is 13.1. The second kappa shape index (κ2) is 8.17. The zero-order chi connectivity index (χ0) is 21.3. The van der Waals surface area contributed by atoms with Crippen LogP contribution in [-0.2, 0) is 14.8 Å². The zero-order valence-corrected chi connectivity index (χ0v) is 18.1. The van der Waals surface area contributed by atoms with E-state index in [1.807, 2.05) is 49.3 Å². The molecule has 1 saturated heterocycles. The number of ether oxygens (including phenoxy) is 1. The number of nitrogens with one attached hydrogen (secondary N) is 1. The van der Waals surface area contributed by atoms with Crippen molar-refractivity contribution in [1.82, 2.24) is 19.5 Å². The van der Waals surface area contributed by atoms with Gasteiger partial charge in [0.1, 0.15) is 0 Å². The van der Waals surface area contributed by atoms with Gasteiger partial charge in [-0.2, -0.15) is 9.40 Å². The van der Waals surface area contributed by atoms with E-state index in [1.54, 1.807) is 19.1 Å². The summed E-state index contributed by atoms with van der Waals surface area (Å²) in [5, 5.41) is 7.27. The van der Waals surface area contributed by atoms with Crippen molar-refractivity contribution in [3.05, 3.63) is 48.0 Å². The van der Waals surface area contributed by atoms with E-state index in [0.717, 1.165) is 11.3 Å². The molecule has 3 aromatic rings. The number of rotatable bonds is 5. The first-order valence-corrected chi connectivity index (χ1v) is 11.2. The molecule has 2 heterocycles. The number of morpholine rings is 1. The quantitative estimate of drug-likeness (QED) is 0.673. The molecule has 0 aliphatic carbocycles. The average molecular weight is 428 g/mol. The van der Waals surface area contributed by atoms with Crippen molar-refractivity contribution in [1.29, 1.82) is 0 Å². The molecule has 0 amide bonds. The summed E-state index contributed by atoms with van der Waals surface area (Å²) in [6.07, 6.45) is 0. The van der Waals surface area contributed by atoms with Gasteiger partial charge in [0.15, 0.2) is 11.6 Å². The zero-order valence-electron chi connectivity index (χ0n) is 17.3. The molecule has 1 aliphatic rings. The second-order valence-electron chi connectivity index (χ2n) is 7.45. The number of aryl methyl sites for hydroxylation is 1. The summed E-state index contributed by atoms with van der Waals surface area (Å²) in [5.41, 5.74) is 3.35. The fourth-order valence-corrected chi connectivity index (χ4v) is 5.04. The molecule has 0 radical (unpaired) electrons. The van der Waals surface area contributed by atoms with E-state index in [1.165, 1.54) is 4.31 Å². The summed E-state index contributed by atoms with van der Waals surface area (Å²) >= 11 is 0. The number of nitrogens with zero attached hydrogens (tertiary/aromatic N) is 4. The molecule has 0 unspecified atom stereocenters. The molecule has 8 nitrogen and oxygen atoms in total. The van der Waals surface area contributed by atoms with Crippen LogP contribution in [0.25, 0.3) is 22.8 Å². The van der Waals surface area contributed by atoms with Crippen LogP contribution in [0.4, 0.5) is 5.69 Å². The molecule has 0 spiro atoms. The van der Waals surface area contributed by atoms with Crippen molar-refractivity contribution in [2.24, 2.45) is 0 Å². The Labute approximate surface area is 176 Å². The maximum absolute atomic E-state index is 13.1. The highest BCUT2D eigenvalue weighted by molar-refractivity contribution is 7.89. The Morgan fingerprint density at radius 3 is 2.37 bits per heavy atom. The van der Waals surface area contributed by atoms with Crippen LogP contribution >= 0.6 is 0 Å². The third kappa shape index (κ3) is 3.96. The molecule has 0 bridgehead atoms. The molecule has 4 rings (SSSR count). The Bertz CT molecular complexity index is 1130. The molecule has 2 aromatic carbocycles. The predicted molar refractivity (Wildman–Crippen MR) is 116 cm³/mol. The van der Waals surface area contributed by atoms with Gasteiger partial charge in [-0.3, -0.25) is 5.10 Å². The summed E-state index contributed by atoms with van der Waals surface area (Å²) in [5.74, 6) is 1.09. The number of hydrogen-bond donors (Lipinski definition) is 1. The lowest BCUT2D eigenvalue weighted by atomic mass is 10.1. The maximum Gasteiger partial charge on any atom is 0.243 e. The van der Waals surface area contributed by atoms with Crippen LogP contribution in [0.3, 0.4) is 0 Å². The summed E-state index contributed by atoms with van der Waals surface area (Å²) < 4.78 is 33.0. The summed E-state index contributed by atoms with van der Waals surface area (Å²) in [7, 11) is 0.377. The lowest BCUT2D eigenvalue weighted by Gasteiger charge is -2.26. The highest BCUT2D eigenvalue weighted by atomic mass is 32.2. The molecular weight excluding hydrogens is 402 g/mol. The van der Waals surface area contributed by atoms with E-state index in [0.29, 0.717) is 49.1 Å². The predicted octanol–water partition coefficient (Wildman–Crippen LogP) is 2.53. The van der Waals surface area contributed by atoms with Gasteiger partial charge in [0.2, 0.25) is 10.0 Å². The molecule has 1 aliphatic heterocycles. The van der Waals surface area contributed by atoms with Gasteiger partial charge in [-0.05, 0) is 42.8 Å². The van der Waals surface area contributed by atoms with Crippen molar-refractivity contribution < 1.29 is 13.2 Å². The number of anilines is 1. The van der Waals surface area contributed by atoms with Gasteiger partial charge in [-0.15, -0.1) is 0 Å². The van der Waals surface area contributed by atoms with Gasteiger partial charge >= 0.3 is 0 Å². The second-order valence-corrected chi connectivity index (χ2v) is 9.35. The van der Waals surface area contributed by atoms with E-state index in [-0.39, 0.29) is 4.90 Å². The molecule has 30 heavy (non-hydrogen) atoms. The number of hydrogen-bond acceptors (Lipinski definition) is 6. The molecule has 158 valence electrons. The van der Waals surface area contributed by atoms with Crippen LogP contribution in [0.5, 0.6) is 0 Å². The monoisotopic (exact) mass is 427 g/mol. The topological polar surface area (TPSA) is 91.4 Å². The fourth-order valence-electron chi connectivity index (χ4n) is 3.38. The van der Waals surface area contributed by atoms with Crippen LogP contribution in [0, 0.1) is 6.92 Å². The normalized spacial score (nSPS) is 15.3. The molecule has 1 aromatic heterocycles. The summed E-state index contributed by atoms with van der Waals surface area (Å²) in [6, 6.07) is 13.3. The first kappa shape index (κ1) is 20.5. The fraction of sp³-hybridized carbons (Fsp3) is 0.333. The standard InChI is InChI=1S/C21H25N5O3S/c1-15-4-5-17(14-19(15)30(27,28)26-10-12-29-13-11-26)21-22-20(23-24-21)16-6-8-18(9-7-16)25(2)3/h4-9,14H,10-13H2,1-3H3,(H,22,23,24). The van der Waals surface area contributed by atoms with Crippen molar-refractivity contribution in [2.75, 3.05) is 45.3 Å². The average Bonchev–Trinajstić information content (AvgIpc) is 3.25. The Morgan fingerprint density at radius 1 is 1.03 bits per heavy atom. The van der Waals surface area contributed by atoms with E-state index in [9.17, 15) is 8.42 Å². The molecule has 1 fully saturated rings. The van der Waals surface area contributed by atoms with Crippen molar-refractivity contribution in [2.45, 2.75) is 11.8 Å². The minimum atomic E-state index is -3.60. The number of H-pyrrole nitrogens is 1. The van der Waals surface area contributed by atoms with Gasteiger partial charge in [0.25, 0.3) is 0 Å². The lowest BCUT2D eigenvalue weighted by Crippen LogP contribution is -2.40. The summed E-state index contributed by atoms with van der Waals surface area (Å²) in [4.78, 5) is 6.89. The van der Waals surface area contributed by atoms with E-state index in [2.05, 4.69) is 15.2 Å². The van der Waals surface area contributed by atoms with Crippen LogP contribution in [-0.4, -0.2) is 68.3 Å². The number of benzene rings is 2. The van der Waals surface area contributed by atoms with Gasteiger partial charge < -0.3 is 9.64 Å². The molecule has 0 saturated carbocycles. The van der Waals surface area contributed by atoms with Crippen LogP contribution in [0.15, 0.2) is 47.4 Å². The number of aromatic nitrogens is 3. The van der Waals surface area contributed by atoms with Gasteiger partial charge in [-0.1, -0.05) is 12.1 Å². The highest BCUT2D eigenvalue weighted by Gasteiger charge is 2.28. The van der Waals surface area contributed by atoms with Crippen LogP contribution in [0.2, 0.25) is 0 Å². The van der Waals surface area contributed by atoms with E-state index in [4.69, 9.17) is 4.74 Å².